The molecule has 1 unspecified atom stereocenters. The van der Waals surface area contributed by atoms with Gasteiger partial charge >= 0.3 is 0 Å². The van der Waals surface area contributed by atoms with Crippen molar-refractivity contribution in [2.24, 2.45) is 0 Å². The molecule has 1 aromatic heterocycles. The van der Waals surface area contributed by atoms with Gasteiger partial charge in [-0.25, -0.2) is 0 Å². The predicted octanol–water partition coefficient (Wildman–Crippen LogP) is 4.73. The third-order valence-electron chi connectivity index (χ3n) is 3.87. The predicted molar refractivity (Wildman–Crippen MR) is 107 cm³/mol. The van der Waals surface area contributed by atoms with E-state index in [-0.39, 0.29) is 18.5 Å². The Morgan fingerprint density at radius 1 is 1.15 bits per heavy atom. The molecule has 0 aliphatic rings. The number of carbonyl (C=O) groups excluding carboxylic acids is 1. The quantitative estimate of drug-likeness (QED) is 0.617. The van der Waals surface area contributed by atoms with Crippen LogP contribution in [0.1, 0.15) is 16.5 Å². The second-order valence-corrected chi connectivity index (χ2v) is 7.04. The molecule has 0 radical (unpaired) electrons. The third kappa shape index (κ3) is 4.56. The average Bonchev–Trinajstić information content (AvgIpc) is 3.19. The van der Waals surface area contributed by atoms with Gasteiger partial charge in [-0.05, 0) is 35.2 Å². The van der Waals surface area contributed by atoms with E-state index in [9.17, 15) is 4.79 Å². The van der Waals surface area contributed by atoms with E-state index >= 15 is 0 Å². The number of carbonyl (C=O) groups is 1. The Balaban J connectivity index is 1.70. The fourth-order valence-electron chi connectivity index (χ4n) is 2.63. The molecule has 26 heavy (non-hydrogen) atoms. The summed E-state index contributed by atoms with van der Waals surface area (Å²) in [7, 11) is 1.58. The second-order valence-electron chi connectivity index (χ2n) is 5.62. The van der Waals surface area contributed by atoms with E-state index in [4.69, 9.17) is 16.3 Å². The number of rotatable bonds is 7. The molecule has 4 nitrogen and oxygen atoms in total. The lowest BCUT2D eigenvalue weighted by Gasteiger charge is -2.19. The Bertz CT molecular complexity index is 854. The van der Waals surface area contributed by atoms with Gasteiger partial charge in [-0.1, -0.05) is 48.0 Å². The number of nitrogens with one attached hydrogen (secondary N) is 2. The molecule has 134 valence electrons. The summed E-state index contributed by atoms with van der Waals surface area (Å²) in [5, 5.41) is 8.77. The van der Waals surface area contributed by atoms with Gasteiger partial charge < -0.3 is 15.4 Å². The summed E-state index contributed by atoms with van der Waals surface area (Å²) < 4.78 is 5.29. The van der Waals surface area contributed by atoms with Gasteiger partial charge in [0.25, 0.3) is 0 Å². The Morgan fingerprint density at radius 3 is 2.65 bits per heavy atom. The SMILES string of the molecule is COc1ccc(Cl)cc1NCC(=O)NC(c1ccccc1)c1cccs1. The van der Waals surface area contributed by atoms with Crippen molar-refractivity contribution in [2.75, 3.05) is 19.0 Å². The smallest absolute Gasteiger partial charge is 0.240 e. The molecule has 2 N–H and O–H groups in total. The summed E-state index contributed by atoms with van der Waals surface area (Å²) in [6, 6.07) is 19.0. The van der Waals surface area contributed by atoms with Crippen molar-refractivity contribution in [3.63, 3.8) is 0 Å². The van der Waals surface area contributed by atoms with E-state index in [2.05, 4.69) is 10.6 Å². The van der Waals surface area contributed by atoms with Gasteiger partial charge in [-0.2, -0.15) is 0 Å². The molecular formula is C20H19ClN2O2S. The summed E-state index contributed by atoms with van der Waals surface area (Å²) in [5.41, 5.74) is 1.73. The van der Waals surface area contributed by atoms with Crippen LogP contribution >= 0.6 is 22.9 Å². The van der Waals surface area contributed by atoms with Crippen molar-refractivity contribution in [3.05, 3.63) is 81.5 Å². The first kappa shape index (κ1) is 18.3. The number of thiophene rings is 1. The summed E-state index contributed by atoms with van der Waals surface area (Å²) in [5.74, 6) is 0.523. The number of anilines is 1. The number of amides is 1. The first-order chi connectivity index (χ1) is 12.7. The zero-order chi connectivity index (χ0) is 18.4. The minimum Gasteiger partial charge on any atom is -0.495 e. The highest BCUT2D eigenvalue weighted by Gasteiger charge is 2.17. The lowest BCUT2D eigenvalue weighted by Crippen LogP contribution is -2.33. The third-order valence-corrected chi connectivity index (χ3v) is 5.04. The van der Waals surface area contributed by atoms with Crippen molar-refractivity contribution in [3.8, 4) is 5.75 Å². The highest BCUT2D eigenvalue weighted by atomic mass is 35.5. The van der Waals surface area contributed by atoms with Gasteiger partial charge in [0.05, 0.1) is 25.4 Å². The molecule has 0 aliphatic carbocycles. The van der Waals surface area contributed by atoms with Crippen LogP contribution in [0.2, 0.25) is 5.02 Å². The van der Waals surface area contributed by atoms with Crippen LogP contribution < -0.4 is 15.4 Å². The number of benzene rings is 2. The Hall–Kier alpha value is -2.50. The monoisotopic (exact) mass is 386 g/mol. The van der Waals surface area contributed by atoms with Crippen LogP contribution in [0.4, 0.5) is 5.69 Å². The Labute approximate surface area is 161 Å². The molecule has 1 heterocycles. The van der Waals surface area contributed by atoms with E-state index in [1.54, 1.807) is 36.6 Å². The molecule has 0 saturated heterocycles. The van der Waals surface area contributed by atoms with E-state index in [0.29, 0.717) is 16.5 Å². The molecule has 0 saturated carbocycles. The summed E-state index contributed by atoms with van der Waals surface area (Å²) in [4.78, 5) is 13.6. The Morgan fingerprint density at radius 2 is 1.96 bits per heavy atom. The van der Waals surface area contributed by atoms with Crippen LogP contribution in [0.5, 0.6) is 5.75 Å². The minimum absolute atomic E-state index is 0.116. The highest BCUT2D eigenvalue weighted by Crippen LogP contribution is 2.28. The zero-order valence-corrected chi connectivity index (χ0v) is 15.8. The maximum Gasteiger partial charge on any atom is 0.240 e. The largest absolute Gasteiger partial charge is 0.495 e. The first-order valence-corrected chi connectivity index (χ1v) is 9.38. The topological polar surface area (TPSA) is 50.4 Å². The van der Waals surface area contributed by atoms with Crippen molar-refractivity contribution in [1.29, 1.82) is 0 Å². The van der Waals surface area contributed by atoms with Gasteiger partial charge in [-0.3, -0.25) is 4.79 Å². The Kier molecular flexibility index (Phi) is 6.15. The zero-order valence-electron chi connectivity index (χ0n) is 14.2. The van der Waals surface area contributed by atoms with E-state index in [1.165, 1.54) is 0 Å². The minimum atomic E-state index is -0.174. The first-order valence-electron chi connectivity index (χ1n) is 8.12. The van der Waals surface area contributed by atoms with Gasteiger partial charge in [0.15, 0.2) is 0 Å². The maximum atomic E-state index is 12.5. The summed E-state index contributed by atoms with van der Waals surface area (Å²) in [6.45, 7) is 0.116. The molecule has 3 aromatic rings. The van der Waals surface area contributed by atoms with Gasteiger partial charge in [-0.15, -0.1) is 11.3 Å². The molecule has 3 rings (SSSR count). The van der Waals surface area contributed by atoms with Gasteiger partial charge in [0.1, 0.15) is 5.75 Å². The second kappa shape index (κ2) is 8.74. The molecule has 0 fully saturated rings. The number of hydrogen-bond acceptors (Lipinski definition) is 4. The fourth-order valence-corrected chi connectivity index (χ4v) is 3.60. The van der Waals surface area contributed by atoms with Crippen LogP contribution in [0.3, 0.4) is 0 Å². The van der Waals surface area contributed by atoms with Gasteiger partial charge in [0, 0.05) is 9.90 Å². The molecule has 1 atom stereocenters. The van der Waals surface area contributed by atoms with E-state index in [0.717, 1.165) is 10.4 Å². The number of ether oxygens (including phenoxy) is 1. The molecular weight excluding hydrogens is 368 g/mol. The normalized spacial score (nSPS) is 11.6. The van der Waals surface area contributed by atoms with Crippen LogP contribution in [0.25, 0.3) is 0 Å². The average molecular weight is 387 g/mol. The van der Waals surface area contributed by atoms with E-state index < -0.39 is 0 Å². The lowest BCUT2D eigenvalue weighted by molar-refractivity contribution is -0.119. The summed E-state index contributed by atoms with van der Waals surface area (Å²) in [6.07, 6.45) is 0. The van der Waals surface area contributed by atoms with Crippen molar-refractivity contribution < 1.29 is 9.53 Å². The summed E-state index contributed by atoms with van der Waals surface area (Å²) >= 11 is 7.64. The van der Waals surface area contributed by atoms with Crippen LogP contribution in [0.15, 0.2) is 66.0 Å². The number of halogens is 1. The van der Waals surface area contributed by atoms with Gasteiger partial charge in [0.2, 0.25) is 5.91 Å². The van der Waals surface area contributed by atoms with Crippen LogP contribution in [-0.2, 0) is 4.79 Å². The van der Waals surface area contributed by atoms with Crippen molar-refractivity contribution in [2.45, 2.75) is 6.04 Å². The molecule has 2 aromatic carbocycles. The standard InChI is InChI=1S/C20H19ClN2O2S/c1-25-17-10-9-15(21)12-16(17)22-13-19(24)23-20(18-8-5-11-26-18)14-6-3-2-4-7-14/h2-12,20,22H,13H2,1H3,(H,23,24). The molecule has 6 heteroatoms. The highest BCUT2D eigenvalue weighted by molar-refractivity contribution is 7.10. The maximum absolute atomic E-state index is 12.5. The number of hydrogen-bond donors (Lipinski definition) is 2. The van der Waals surface area contributed by atoms with Crippen LogP contribution in [0, 0.1) is 0 Å². The molecule has 0 spiro atoms. The molecule has 0 aliphatic heterocycles. The molecule has 1 amide bonds. The van der Waals surface area contributed by atoms with Crippen molar-refractivity contribution >= 4 is 34.5 Å². The van der Waals surface area contributed by atoms with Crippen LogP contribution in [-0.4, -0.2) is 19.6 Å². The lowest BCUT2D eigenvalue weighted by atomic mass is 10.1. The van der Waals surface area contributed by atoms with Crippen molar-refractivity contribution in [1.82, 2.24) is 5.32 Å². The number of methoxy groups -OCH3 is 1. The van der Waals surface area contributed by atoms with E-state index in [1.807, 2.05) is 47.8 Å². The molecule has 0 bridgehead atoms. The fraction of sp³-hybridized carbons (Fsp3) is 0.150.